The highest BCUT2D eigenvalue weighted by molar-refractivity contribution is 7.88. The molecule has 0 saturated carbocycles. The van der Waals surface area contributed by atoms with Crippen LogP contribution < -0.4 is 5.73 Å². The molecule has 0 unspecified atom stereocenters. The monoisotopic (exact) mass is 288 g/mol. The summed E-state index contributed by atoms with van der Waals surface area (Å²) in [6.07, 6.45) is 0. The molecule has 0 spiro atoms. The number of sulfonamides is 1. The second-order valence-corrected chi connectivity index (χ2v) is 6.08. The van der Waals surface area contributed by atoms with Gasteiger partial charge in [-0.1, -0.05) is 12.1 Å². The van der Waals surface area contributed by atoms with Gasteiger partial charge in [0.25, 0.3) is 0 Å². The summed E-state index contributed by atoms with van der Waals surface area (Å²) in [6, 6.07) is 6.69. The molecule has 0 aliphatic heterocycles. The molecule has 0 saturated heterocycles. The number of anilines is 1. The highest BCUT2D eigenvalue weighted by atomic mass is 32.2. The zero-order valence-electron chi connectivity index (χ0n) is 10.9. The summed E-state index contributed by atoms with van der Waals surface area (Å²) in [7, 11) is -1.97. The van der Waals surface area contributed by atoms with Crippen molar-refractivity contribution in [3.05, 3.63) is 29.8 Å². The van der Waals surface area contributed by atoms with E-state index in [-0.39, 0.29) is 25.4 Å². The normalized spacial score (nSPS) is 11.9. The zero-order valence-corrected chi connectivity index (χ0v) is 11.8. The van der Waals surface area contributed by atoms with Crippen LogP contribution in [-0.2, 0) is 20.5 Å². The van der Waals surface area contributed by atoms with Gasteiger partial charge >= 0.3 is 0 Å². The minimum atomic E-state index is -3.47. The molecule has 0 bridgehead atoms. The summed E-state index contributed by atoms with van der Waals surface area (Å²) in [5, 5.41) is 8.94. The first-order chi connectivity index (χ1) is 8.99. The largest absolute Gasteiger partial charge is 0.399 e. The lowest BCUT2D eigenvalue weighted by Crippen LogP contribution is -2.36. The average Bonchev–Trinajstić information content (AvgIpc) is 2.37. The van der Waals surface area contributed by atoms with Crippen LogP contribution in [0.1, 0.15) is 5.56 Å². The van der Waals surface area contributed by atoms with Gasteiger partial charge in [-0.25, -0.2) is 8.42 Å². The van der Waals surface area contributed by atoms with Gasteiger partial charge in [0.1, 0.15) is 0 Å². The number of aliphatic hydroxyl groups is 1. The van der Waals surface area contributed by atoms with Crippen LogP contribution in [0.3, 0.4) is 0 Å². The first-order valence-electron chi connectivity index (χ1n) is 5.91. The quantitative estimate of drug-likeness (QED) is 0.659. The minimum absolute atomic E-state index is 0.0701. The third-order valence-electron chi connectivity index (χ3n) is 2.62. The standard InChI is InChI=1S/C12H20N2O4S/c1-18-9-7-14(6-8-15)19(16,17)10-11-2-4-12(13)5-3-11/h2-5,15H,6-10,13H2,1H3. The SMILES string of the molecule is COCCN(CCO)S(=O)(=O)Cc1ccc(N)cc1. The molecule has 0 aliphatic rings. The molecule has 108 valence electrons. The van der Waals surface area contributed by atoms with E-state index in [0.29, 0.717) is 17.9 Å². The predicted octanol–water partition coefficient (Wildman–Crippen LogP) is 0.0393. The molecular weight excluding hydrogens is 268 g/mol. The van der Waals surface area contributed by atoms with Crippen LogP contribution in [0.2, 0.25) is 0 Å². The lowest BCUT2D eigenvalue weighted by atomic mass is 10.2. The number of aliphatic hydroxyl groups excluding tert-OH is 1. The Hall–Kier alpha value is -1.15. The summed E-state index contributed by atoms with van der Waals surface area (Å²) < 4.78 is 30.5. The number of nitrogens with zero attached hydrogens (tertiary/aromatic N) is 1. The van der Waals surface area contributed by atoms with Crippen LogP contribution in [-0.4, -0.2) is 51.2 Å². The fraction of sp³-hybridized carbons (Fsp3) is 0.500. The molecule has 1 rings (SSSR count). The molecule has 0 fully saturated rings. The van der Waals surface area contributed by atoms with E-state index in [9.17, 15) is 8.42 Å². The maximum Gasteiger partial charge on any atom is 0.218 e. The van der Waals surface area contributed by atoms with Gasteiger partial charge in [-0.15, -0.1) is 0 Å². The van der Waals surface area contributed by atoms with E-state index in [1.54, 1.807) is 24.3 Å². The van der Waals surface area contributed by atoms with E-state index in [1.807, 2.05) is 0 Å². The van der Waals surface area contributed by atoms with Gasteiger partial charge in [0.15, 0.2) is 0 Å². The Morgan fingerprint density at radius 3 is 2.42 bits per heavy atom. The Balaban J connectivity index is 2.78. The fourth-order valence-corrected chi connectivity index (χ4v) is 3.12. The summed E-state index contributed by atoms with van der Waals surface area (Å²) in [5.74, 6) is -0.114. The molecule has 0 aliphatic carbocycles. The number of methoxy groups -OCH3 is 1. The molecular formula is C12H20N2O4S. The van der Waals surface area contributed by atoms with Gasteiger partial charge in [0.05, 0.1) is 19.0 Å². The van der Waals surface area contributed by atoms with Crippen molar-refractivity contribution in [2.45, 2.75) is 5.75 Å². The number of nitrogen functional groups attached to an aromatic ring is 1. The minimum Gasteiger partial charge on any atom is -0.399 e. The summed E-state index contributed by atoms with van der Waals surface area (Å²) >= 11 is 0. The molecule has 6 nitrogen and oxygen atoms in total. The third-order valence-corrected chi connectivity index (χ3v) is 4.47. The molecule has 0 atom stereocenters. The highest BCUT2D eigenvalue weighted by Gasteiger charge is 2.21. The number of hydrogen-bond acceptors (Lipinski definition) is 5. The number of benzene rings is 1. The smallest absolute Gasteiger partial charge is 0.218 e. The van der Waals surface area contributed by atoms with Crippen molar-refractivity contribution in [2.75, 3.05) is 39.1 Å². The van der Waals surface area contributed by atoms with Gasteiger partial charge < -0.3 is 15.6 Å². The number of rotatable bonds is 8. The second kappa shape index (κ2) is 7.44. The molecule has 3 N–H and O–H groups in total. The summed E-state index contributed by atoms with van der Waals surface area (Å²) in [6.45, 7) is 0.376. The maximum atomic E-state index is 12.2. The molecule has 1 aromatic rings. The van der Waals surface area contributed by atoms with Gasteiger partial charge in [0, 0.05) is 25.9 Å². The van der Waals surface area contributed by atoms with Gasteiger partial charge in [-0.2, -0.15) is 4.31 Å². The Bertz CT molecular complexity index is 473. The number of hydrogen-bond donors (Lipinski definition) is 2. The van der Waals surface area contributed by atoms with E-state index < -0.39 is 10.0 Å². The van der Waals surface area contributed by atoms with Crippen LogP contribution in [0.5, 0.6) is 0 Å². The Morgan fingerprint density at radius 2 is 1.89 bits per heavy atom. The van der Waals surface area contributed by atoms with Crippen molar-refractivity contribution < 1.29 is 18.3 Å². The average molecular weight is 288 g/mol. The van der Waals surface area contributed by atoms with Crippen LogP contribution >= 0.6 is 0 Å². The van der Waals surface area contributed by atoms with Crippen molar-refractivity contribution in [1.82, 2.24) is 4.31 Å². The molecule has 0 radical (unpaired) electrons. The van der Waals surface area contributed by atoms with E-state index in [4.69, 9.17) is 15.6 Å². The van der Waals surface area contributed by atoms with Gasteiger partial charge in [-0.05, 0) is 17.7 Å². The van der Waals surface area contributed by atoms with Gasteiger partial charge in [0.2, 0.25) is 10.0 Å². The lowest BCUT2D eigenvalue weighted by Gasteiger charge is -2.20. The van der Waals surface area contributed by atoms with E-state index in [1.165, 1.54) is 11.4 Å². The van der Waals surface area contributed by atoms with E-state index >= 15 is 0 Å². The summed E-state index contributed by atoms with van der Waals surface area (Å²) in [5.41, 5.74) is 6.81. The first kappa shape index (κ1) is 15.9. The van der Waals surface area contributed by atoms with Crippen molar-refractivity contribution in [1.29, 1.82) is 0 Å². The van der Waals surface area contributed by atoms with Crippen molar-refractivity contribution in [2.24, 2.45) is 0 Å². The second-order valence-electron chi connectivity index (χ2n) is 4.11. The molecule has 0 heterocycles. The maximum absolute atomic E-state index is 12.2. The fourth-order valence-electron chi connectivity index (χ4n) is 1.61. The van der Waals surface area contributed by atoms with Crippen molar-refractivity contribution in [3.8, 4) is 0 Å². The molecule has 19 heavy (non-hydrogen) atoms. The Morgan fingerprint density at radius 1 is 1.26 bits per heavy atom. The molecule has 1 aromatic carbocycles. The molecule has 0 aromatic heterocycles. The van der Waals surface area contributed by atoms with Crippen molar-refractivity contribution >= 4 is 15.7 Å². The van der Waals surface area contributed by atoms with Crippen molar-refractivity contribution in [3.63, 3.8) is 0 Å². The van der Waals surface area contributed by atoms with Gasteiger partial charge in [-0.3, -0.25) is 0 Å². The predicted molar refractivity (Wildman–Crippen MR) is 74.0 cm³/mol. The Kier molecular flexibility index (Phi) is 6.23. The van der Waals surface area contributed by atoms with E-state index in [2.05, 4.69) is 0 Å². The van der Waals surface area contributed by atoms with Crippen LogP contribution in [0.25, 0.3) is 0 Å². The van der Waals surface area contributed by atoms with Crippen LogP contribution in [0.4, 0.5) is 5.69 Å². The number of ether oxygens (including phenoxy) is 1. The molecule has 0 amide bonds. The summed E-state index contributed by atoms with van der Waals surface area (Å²) in [4.78, 5) is 0. The van der Waals surface area contributed by atoms with Crippen LogP contribution in [0, 0.1) is 0 Å². The topological polar surface area (TPSA) is 92.9 Å². The number of nitrogens with two attached hydrogens (primary N) is 1. The van der Waals surface area contributed by atoms with Crippen LogP contribution in [0.15, 0.2) is 24.3 Å². The first-order valence-corrected chi connectivity index (χ1v) is 7.52. The van der Waals surface area contributed by atoms with E-state index in [0.717, 1.165) is 0 Å². The zero-order chi connectivity index (χ0) is 14.3. The molecule has 7 heteroatoms. The Labute approximate surface area is 113 Å². The lowest BCUT2D eigenvalue weighted by molar-refractivity contribution is 0.168. The third kappa shape index (κ3) is 5.15. The highest BCUT2D eigenvalue weighted by Crippen LogP contribution is 2.12.